The molecule has 0 spiro atoms. The van der Waals surface area contributed by atoms with Crippen LogP contribution in [0.5, 0.6) is 5.75 Å². The maximum absolute atomic E-state index is 12.4. The minimum Gasteiger partial charge on any atom is -0.495 e. The van der Waals surface area contributed by atoms with Crippen LogP contribution in [0.2, 0.25) is 0 Å². The lowest BCUT2D eigenvalue weighted by atomic mass is 9.71. The van der Waals surface area contributed by atoms with E-state index in [4.69, 9.17) is 9.84 Å². The Morgan fingerprint density at radius 2 is 2.10 bits per heavy atom. The van der Waals surface area contributed by atoms with Gasteiger partial charge in [0.05, 0.1) is 13.7 Å². The summed E-state index contributed by atoms with van der Waals surface area (Å²) in [6.07, 6.45) is 3.24. The van der Waals surface area contributed by atoms with E-state index in [9.17, 15) is 8.42 Å². The molecule has 1 aromatic rings. The Morgan fingerprint density at radius 3 is 2.60 bits per heavy atom. The average Bonchev–Trinajstić information content (AvgIpc) is 2.42. The quantitative estimate of drug-likeness (QED) is 0.837. The second-order valence-corrected chi connectivity index (χ2v) is 7.37. The van der Waals surface area contributed by atoms with Crippen molar-refractivity contribution in [3.8, 4) is 5.75 Å². The van der Waals surface area contributed by atoms with E-state index in [0.29, 0.717) is 12.1 Å². The Labute approximate surface area is 120 Å². The van der Waals surface area contributed by atoms with Crippen LogP contribution in [0.1, 0.15) is 31.7 Å². The van der Waals surface area contributed by atoms with E-state index in [-0.39, 0.29) is 22.7 Å². The number of aliphatic hydroxyl groups is 1. The lowest BCUT2D eigenvalue weighted by Gasteiger charge is -2.38. The van der Waals surface area contributed by atoms with Crippen LogP contribution < -0.4 is 9.46 Å². The van der Waals surface area contributed by atoms with Gasteiger partial charge in [0.15, 0.2) is 0 Å². The standard InChI is InChI=1S/C14H21NO4S/c1-14(6-3-7-14)10-15-20(17,18)13-8-11(9-16)4-5-12(13)19-2/h4-5,8,15-16H,3,6-7,9-10H2,1-2H3. The molecule has 0 aromatic heterocycles. The van der Waals surface area contributed by atoms with E-state index < -0.39 is 10.0 Å². The molecule has 0 saturated heterocycles. The number of benzene rings is 1. The Bertz CT molecular complexity index is 579. The molecule has 112 valence electrons. The number of sulfonamides is 1. The summed E-state index contributed by atoms with van der Waals surface area (Å²) in [5, 5.41) is 9.14. The Morgan fingerprint density at radius 1 is 1.40 bits per heavy atom. The normalized spacial score (nSPS) is 17.6. The first-order chi connectivity index (χ1) is 9.40. The van der Waals surface area contributed by atoms with Crippen molar-refractivity contribution < 1.29 is 18.3 Å². The highest BCUT2D eigenvalue weighted by Gasteiger charge is 2.33. The van der Waals surface area contributed by atoms with Gasteiger partial charge in [0.2, 0.25) is 10.0 Å². The number of ether oxygens (including phenoxy) is 1. The van der Waals surface area contributed by atoms with Crippen LogP contribution in [0.15, 0.2) is 23.1 Å². The van der Waals surface area contributed by atoms with Gasteiger partial charge in [-0.15, -0.1) is 0 Å². The lowest BCUT2D eigenvalue weighted by molar-refractivity contribution is 0.166. The fourth-order valence-corrected chi connectivity index (χ4v) is 3.75. The third kappa shape index (κ3) is 3.13. The summed E-state index contributed by atoms with van der Waals surface area (Å²) >= 11 is 0. The summed E-state index contributed by atoms with van der Waals surface area (Å²) in [7, 11) is -2.20. The van der Waals surface area contributed by atoms with Gasteiger partial charge in [-0.25, -0.2) is 13.1 Å². The summed E-state index contributed by atoms with van der Waals surface area (Å²) in [5.41, 5.74) is 0.607. The van der Waals surface area contributed by atoms with Gasteiger partial charge in [0, 0.05) is 6.54 Å². The van der Waals surface area contributed by atoms with Crippen molar-refractivity contribution in [2.24, 2.45) is 5.41 Å². The van der Waals surface area contributed by atoms with Crippen LogP contribution >= 0.6 is 0 Å². The van der Waals surface area contributed by atoms with Gasteiger partial charge in [-0.05, 0) is 36.0 Å². The molecule has 5 nitrogen and oxygen atoms in total. The second kappa shape index (κ2) is 5.71. The molecule has 6 heteroatoms. The Hall–Kier alpha value is -1.11. The zero-order chi connectivity index (χ0) is 14.8. The monoisotopic (exact) mass is 299 g/mol. The highest BCUT2D eigenvalue weighted by molar-refractivity contribution is 7.89. The first-order valence-electron chi connectivity index (χ1n) is 6.68. The molecule has 1 aliphatic rings. The maximum atomic E-state index is 12.4. The van der Waals surface area contributed by atoms with Gasteiger partial charge < -0.3 is 9.84 Å². The van der Waals surface area contributed by atoms with Crippen molar-refractivity contribution in [3.63, 3.8) is 0 Å². The van der Waals surface area contributed by atoms with Gasteiger partial charge in [0.1, 0.15) is 10.6 Å². The maximum Gasteiger partial charge on any atom is 0.244 e. The molecule has 1 aliphatic carbocycles. The number of nitrogens with one attached hydrogen (secondary N) is 1. The first kappa shape index (κ1) is 15.3. The largest absolute Gasteiger partial charge is 0.495 e. The SMILES string of the molecule is COc1ccc(CO)cc1S(=O)(=O)NCC1(C)CCC1. The fourth-order valence-electron chi connectivity index (χ4n) is 2.33. The first-order valence-corrected chi connectivity index (χ1v) is 8.16. The van der Waals surface area contributed by atoms with E-state index in [1.165, 1.54) is 13.2 Å². The van der Waals surface area contributed by atoms with Crippen LogP contribution in [-0.4, -0.2) is 27.2 Å². The van der Waals surface area contributed by atoms with Crippen LogP contribution in [0, 0.1) is 5.41 Å². The highest BCUT2D eigenvalue weighted by atomic mass is 32.2. The van der Waals surface area contributed by atoms with Crippen molar-refractivity contribution >= 4 is 10.0 Å². The predicted octanol–water partition coefficient (Wildman–Crippen LogP) is 1.66. The molecule has 0 amide bonds. The number of hydrogen-bond donors (Lipinski definition) is 2. The van der Waals surface area contributed by atoms with Gasteiger partial charge in [0.25, 0.3) is 0 Å². The van der Waals surface area contributed by atoms with Crippen LogP contribution in [-0.2, 0) is 16.6 Å². The molecule has 0 atom stereocenters. The molecule has 0 radical (unpaired) electrons. The van der Waals surface area contributed by atoms with E-state index in [0.717, 1.165) is 19.3 Å². The topological polar surface area (TPSA) is 75.6 Å². The van der Waals surface area contributed by atoms with Crippen molar-refractivity contribution in [2.75, 3.05) is 13.7 Å². The van der Waals surface area contributed by atoms with Crippen LogP contribution in [0.3, 0.4) is 0 Å². The average molecular weight is 299 g/mol. The predicted molar refractivity (Wildman–Crippen MR) is 76.1 cm³/mol. The summed E-state index contributed by atoms with van der Waals surface area (Å²) in [6, 6.07) is 4.65. The van der Waals surface area contributed by atoms with E-state index in [2.05, 4.69) is 11.6 Å². The zero-order valence-corrected chi connectivity index (χ0v) is 12.7. The minimum atomic E-state index is -3.63. The second-order valence-electron chi connectivity index (χ2n) is 5.63. The smallest absolute Gasteiger partial charge is 0.244 e. The molecule has 0 bridgehead atoms. The number of hydrogen-bond acceptors (Lipinski definition) is 4. The third-order valence-corrected chi connectivity index (χ3v) is 5.37. The summed E-state index contributed by atoms with van der Waals surface area (Å²) in [5.74, 6) is 0.286. The van der Waals surface area contributed by atoms with E-state index in [1.54, 1.807) is 12.1 Å². The van der Waals surface area contributed by atoms with Crippen LogP contribution in [0.25, 0.3) is 0 Å². The van der Waals surface area contributed by atoms with Gasteiger partial charge >= 0.3 is 0 Å². The van der Waals surface area contributed by atoms with Gasteiger partial charge in [-0.2, -0.15) is 0 Å². The summed E-state index contributed by atoms with van der Waals surface area (Å²) < 4.78 is 32.5. The van der Waals surface area contributed by atoms with E-state index in [1.807, 2.05) is 0 Å². The molecule has 0 unspecified atom stereocenters. The molecule has 1 saturated carbocycles. The van der Waals surface area contributed by atoms with Crippen molar-refractivity contribution in [2.45, 2.75) is 37.7 Å². The molecule has 0 aliphatic heterocycles. The third-order valence-electron chi connectivity index (χ3n) is 3.95. The molecular formula is C14H21NO4S. The summed E-state index contributed by atoms with van der Waals surface area (Å²) in [4.78, 5) is 0.0782. The number of aliphatic hydroxyl groups excluding tert-OH is 1. The van der Waals surface area contributed by atoms with Crippen LogP contribution in [0.4, 0.5) is 0 Å². The Balaban J connectivity index is 2.23. The number of methoxy groups -OCH3 is 1. The van der Waals surface area contributed by atoms with Crippen molar-refractivity contribution in [1.82, 2.24) is 4.72 Å². The number of rotatable bonds is 6. The Kier molecular flexibility index (Phi) is 4.36. The minimum absolute atomic E-state index is 0.0644. The van der Waals surface area contributed by atoms with E-state index >= 15 is 0 Å². The lowest BCUT2D eigenvalue weighted by Crippen LogP contribution is -2.40. The molecule has 1 fully saturated rings. The molecule has 0 heterocycles. The molecule has 20 heavy (non-hydrogen) atoms. The fraction of sp³-hybridized carbons (Fsp3) is 0.571. The molecule has 2 N–H and O–H groups in total. The summed E-state index contributed by atoms with van der Waals surface area (Å²) in [6.45, 7) is 2.31. The molecule has 1 aromatic carbocycles. The van der Waals surface area contributed by atoms with Gasteiger partial charge in [-0.1, -0.05) is 19.4 Å². The highest BCUT2D eigenvalue weighted by Crippen LogP contribution is 2.39. The zero-order valence-electron chi connectivity index (χ0n) is 11.8. The van der Waals surface area contributed by atoms with Crippen molar-refractivity contribution in [3.05, 3.63) is 23.8 Å². The molecule has 2 rings (SSSR count). The van der Waals surface area contributed by atoms with Gasteiger partial charge in [-0.3, -0.25) is 0 Å². The molecular weight excluding hydrogens is 278 g/mol. The van der Waals surface area contributed by atoms with Crippen molar-refractivity contribution in [1.29, 1.82) is 0 Å².